The molecule has 1 radical (unpaired) electrons. The molecule has 0 spiro atoms. The van der Waals surface area contributed by atoms with Crippen LogP contribution in [0, 0.1) is 0 Å². The number of hydrogen-bond donors (Lipinski definition) is 2. The second-order valence-corrected chi connectivity index (χ2v) is 1.52. The van der Waals surface area contributed by atoms with Gasteiger partial charge >= 0.3 is 17.4 Å². The van der Waals surface area contributed by atoms with Crippen LogP contribution in [0.5, 0.6) is 0 Å². The van der Waals surface area contributed by atoms with Crippen LogP contribution in [0.1, 0.15) is 0 Å². The Bertz CT molecular complexity index is 64.6. The molecule has 6 heavy (non-hydrogen) atoms. The molecule has 4 N–H and O–H groups in total. The van der Waals surface area contributed by atoms with Gasteiger partial charge in [0.05, 0.1) is 0 Å². The molecular formula is CH6CrN2OP+4. The Morgan fingerprint density at radius 1 is 1.83 bits per heavy atom. The Kier molecular flexibility index (Phi) is 8.31. The van der Waals surface area contributed by atoms with E-state index in [2.05, 4.69) is 0 Å². The van der Waals surface area contributed by atoms with Gasteiger partial charge in [-0.1, -0.05) is 0 Å². The molecule has 0 heterocycles. The summed E-state index contributed by atoms with van der Waals surface area (Å²) in [5.41, 5.74) is 4.74. The molecule has 0 aromatic carbocycles. The summed E-state index contributed by atoms with van der Waals surface area (Å²) in [6, 6.07) is 0. The molecule has 0 aromatic rings. The SMILES string of the molecule is NC(=[NH2+])[PH2]=O.[Cr+3]. The van der Waals surface area contributed by atoms with Crippen molar-refractivity contribution in [1.82, 2.24) is 0 Å². The van der Waals surface area contributed by atoms with Gasteiger partial charge in [-0.25, -0.2) is 0 Å². The molecule has 0 fully saturated rings. The van der Waals surface area contributed by atoms with E-state index in [-0.39, 0.29) is 22.9 Å². The summed E-state index contributed by atoms with van der Waals surface area (Å²) in [6.45, 7) is 0. The van der Waals surface area contributed by atoms with E-state index < -0.39 is 8.46 Å². The summed E-state index contributed by atoms with van der Waals surface area (Å²) < 4.78 is 9.43. The minimum Gasteiger partial charge on any atom is -0.317 e. The fraction of sp³-hybridized carbons (Fsp3) is 0. The second kappa shape index (κ2) is 5.23. The van der Waals surface area contributed by atoms with E-state index in [0.717, 1.165) is 0 Å². The van der Waals surface area contributed by atoms with Gasteiger partial charge < -0.3 is 4.57 Å². The van der Waals surface area contributed by atoms with E-state index in [0.29, 0.717) is 0 Å². The van der Waals surface area contributed by atoms with Crippen LogP contribution >= 0.6 is 8.46 Å². The number of hydrogen-bond acceptors (Lipinski definition) is 1. The van der Waals surface area contributed by atoms with Gasteiger partial charge in [-0.2, -0.15) is 0 Å². The average molecular weight is 145 g/mol. The Morgan fingerprint density at radius 2 is 2.00 bits per heavy atom. The van der Waals surface area contributed by atoms with Crippen molar-refractivity contribution in [3.05, 3.63) is 0 Å². The molecule has 0 aliphatic rings. The molecule has 0 bridgehead atoms. The van der Waals surface area contributed by atoms with Crippen molar-refractivity contribution in [2.24, 2.45) is 5.73 Å². The number of amidine groups is 1. The minimum absolute atomic E-state index is 0. The van der Waals surface area contributed by atoms with Crippen LogP contribution in [-0.2, 0) is 21.9 Å². The molecule has 0 aliphatic carbocycles. The number of nitrogens with two attached hydrogens (primary N) is 2. The van der Waals surface area contributed by atoms with E-state index in [9.17, 15) is 4.57 Å². The Morgan fingerprint density at radius 3 is 2.00 bits per heavy atom. The van der Waals surface area contributed by atoms with Crippen molar-refractivity contribution in [3.63, 3.8) is 0 Å². The van der Waals surface area contributed by atoms with Gasteiger partial charge in [0.1, 0.15) is 0 Å². The van der Waals surface area contributed by atoms with Crippen LogP contribution in [0.15, 0.2) is 0 Å². The van der Waals surface area contributed by atoms with Crippen molar-refractivity contribution in [1.29, 1.82) is 0 Å². The fourth-order valence-electron chi connectivity index (χ4n) is 0. The van der Waals surface area contributed by atoms with Crippen LogP contribution in [0.25, 0.3) is 0 Å². The van der Waals surface area contributed by atoms with Crippen LogP contribution in [-0.4, -0.2) is 5.58 Å². The maximum absolute atomic E-state index is 9.43. The summed E-state index contributed by atoms with van der Waals surface area (Å²) in [4.78, 5) is 0. The molecule has 33 valence electrons. The molecule has 3 nitrogen and oxygen atoms in total. The second-order valence-electron chi connectivity index (χ2n) is 0.618. The molecule has 1 atom stereocenters. The van der Waals surface area contributed by atoms with Crippen LogP contribution < -0.4 is 11.1 Å². The topological polar surface area (TPSA) is 68.7 Å². The summed E-state index contributed by atoms with van der Waals surface area (Å²) in [6.07, 6.45) is 0. The first-order valence-electron chi connectivity index (χ1n) is 1.10. The van der Waals surface area contributed by atoms with Gasteiger partial charge in [0.2, 0.25) is 0 Å². The van der Waals surface area contributed by atoms with E-state index in [1.165, 1.54) is 0 Å². The third-order valence-corrected chi connectivity index (χ3v) is 0.408. The first-order valence-corrected chi connectivity index (χ1v) is 2.15. The van der Waals surface area contributed by atoms with Crippen molar-refractivity contribution in [2.45, 2.75) is 0 Å². The summed E-state index contributed by atoms with van der Waals surface area (Å²) >= 11 is 0. The van der Waals surface area contributed by atoms with E-state index in [4.69, 9.17) is 11.1 Å². The molecule has 0 saturated carbocycles. The maximum atomic E-state index is 9.43. The fourth-order valence-corrected chi connectivity index (χ4v) is 0. The minimum atomic E-state index is -1.05. The maximum Gasteiger partial charge on any atom is 3.00 e. The van der Waals surface area contributed by atoms with Crippen molar-refractivity contribution in [2.75, 3.05) is 0 Å². The van der Waals surface area contributed by atoms with E-state index in [1.54, 1.807) is 0 Å². The first kappa shape index (κ1) is 9.53. The summed E-state index contributed by atoms with van der Waals surface area (Å²) in [5, 5.41) is 4.71. The molecule has 0 aliphatic heterocycles. The molecule has 0 saturated heterocycles. The molecule has 0 amide bonds. The quantitative estimate of drug-likeness (QED) is 0.250. The van der Waals surface area contributed by atoms with Crippen molar-refractivity contribution >= 4 is 14.0 Å². The molecule has 0 aromatic heterocycles. The zero-order valence-corrected chi connectivity index (χ0v) is 5.48. The first-order chi connectivity index (χ1) is 2.27. The third-order valence-electron chi connectivity index (χ3n) is 0.136. The summed E-state index contributed by atoms with van der Waals surface area (Å²) in [7, 11) is -1.05. The van der Waals surface area contributed by atoms with Gasteiger partial charge in [-0.15, -0.1) is 0 Å². The van der Waals surface area contributed by atoms with Crippen LogP contribution in [0.4, 0.5) is 0 Å². The van der Waals surface area contributed by atoms with Crippen molar-refractivity contribution < 1.29 is 27.3 Å². The Labute approximate surface area is 47.8 Å². The smallest absolute Gasteiger partial charge is 0.317 e. The predicted molar refractivity (Wildman–Crippen MR) is 21.5 cm³/mol. The van der Waals surface area contributed by atoms with Crippen molar-refractivity contribution in [3.8, 4) is 0 Å². The zero-order valence-electron chi connectivity index (χ0n) is 3.05. The zero-order chi connectivity index (χ0) is 4.28. The average Bonchev–Trinajstić information content (AvgIpc) is 1.38. The normalized spacial score (nSPS) is 8.00. The largest absolute Gasteiger partial charge is 3.00 e. The van der Waals surface area contributed by atoms with Gasteiger partial charge in [0, 0.05) is 0 Å². The van der Waals surface area contributed by atoms with Gasteiger partial charge in [0.25, 0.3) is 5.58 Å². The van der Waals surface area contributed by atoms with Gasteiger partial charge in [-0.05, 0) is 0 Å². The number of rotatable bonds is 1. The molecule has 5 heteroatoms. The predicted octanol–water partition coefficient (Wildman–Crippen LogP) is -2.19. The molecule has 0 rings (SSSR count). The standard InChI is InChI=1S/CH5N2OP.Cr/c2-1(3)5-4;/h5H2,(H3,2,3);/q;+3/p+1. The third kappa shape index (κ3) is 8.87. The monoisotopic (exact) mass is 145 g/mol. The molecule has 1 unspecified atom stereocenters. The Hall–Kier alpha value is 0.232. The Balaban J connectivity index is 0. The van der Waals surface area contributed by atoms with Gasteiger partial charge in [-0.3, -0.25) is 11.1 Å². The van der Waals surface area contributed by atoms with E-state index >= 15 is 0 Å². The molecular weight excluding hydrogens is 139 g/mol. The summed E-state index contributed by atoms with van der Waals surface area (Å²) in [5.74, 6) is 0. The van der Waals surface area contributed by atoms with Gasteiger partial charge in [0.15, 0.2) is 8.46 Å². The van der Waals surface area contributed by atoms with E-state index in [1.807, 2.05) is 0 Å². The van der Waals surface area contributed by atoms with Crippen LogP contribution in [0.2, 0.25) is 0 Å². The van der Waals surface area contributed by atoms with Crippen LogP contribution in [0.3, 0.4) is 0 Å².